The van der Waals surface area contributed by atoms with Crippen LogP contribution in [0.25, 0.3) is 0 Å². The van der Waals surface area contributed by atoms with Gasteiger partial charge in [0.2, 0.25) is 11.8 Å². The molecule has 8 nitrogen and oxygen atoms in total. The second kappa shape index (κ2) is 7.25. The van der Waals surface area contributed by atoms with Crippen LogP contribution in [0, 0.1) is 0 Å². The van der Waals surface area contributed by atoms with Crippen LogP contribution in [0.3, 0.4) is 0 Å². The van der Waals surface area contributed by atoms with E-state index in [0.717, 1.165) is 18.8 Å². The van der Waals surface area contributed by atoms with E-state index in [1.165, 1.54) is 11.8 Å². The zero-order valence-corrected chi connectivity index (χ0v) is 14.5. The third-order valence-corrected chi connectivity index (χ3v) is 4.87. The van der Waals surface area contributed by atoms with Gasteiger partial charge in [0.15, 0.2) is 5.16 Å². The summed E-state index contributed by atoms with van der Waals surface area (Å²) in [6.07, 6.45) is 3.80. The van der Waals surface area contributed by atoms with Crippen LogP contribution in [-0.2, 0) is 9.59 Å². The average molecular weight is 350 g/mol. The first kappa shape index (κ1) is 16.8. The molecule has 2 aliphatic heterocycles. The molecule has 3 heterocycles. The van der Waals surface area contributed by atoms with Gasteiger partial charge in [-0.05, 0) is 19.1 Å². The van der Waals surface area contributed by atoms with E-state index in [9.17, 15) is 9.59 Å². The van der Waals surface area contributed by atoms with Crippen molar-refractivity contribution in [2.24, 2.45) is 0 Å². The monoisotopic (exact) mass is 350 g/mol. The van der Waals surface area contributed by atoms with Gasteiger partial charge >= 0.3 is 0 Å². The van der Waals surface area contributed by atoms with Gasteiger partial charge in [-0.15, -0.1) is 0 Å². The first-order valence-electron chi connectivity index (χ1n) is 8.08. The minimum absolute atomic E-state index is 0.0229. The Kier molecular flexibility index (Phi) is 5.08. The third-order valence-electron chi connectivity index (χ3n) is 4.32. The Bertz CT molecular complexity index is 640. The molecule has 2 fully saturated rings. The Morgan fingerprint density at radius 2 is 2.17 bits per heavy atom. The van der Waals surface area contributed by atoms with Crippen molar-refractivity contribution in [3.8, 4) is 0 Å². The number of nitrogen functional groups attached to an aromatic ring is 1. The molecule has 0 saturated carbocycles. The summed E-state index contributed by atoms with van der Waals surface area (Å²) in [4.78, 5) is 36.5. The van der Waals surface area contributed by atoms with Crippen molar-refractivity contribution >= 4 is 35.2 Å². The second-order valence-electron chi connectivity index (χ2n) is 5.96. The molecule has 3 N–H and O–H groups in total. The Hall–Kier alpha value is -2.03. The minimum Gasteiger partial charge on any atom is -0.383 e. The Morgan fingerprint density at radius 1 is 1.33 bits per heavy atom. The molecule has 1 unspecified atom stereocenters. The van der Waals surface area contributed by atoms with Crippen molar-refractivity contribution in [1.82, 2.24) is 20.2 Å². The first-order chi connectivity index (χ1) is 11.6. The molecule has 1 aromatic heterocycles. The lowest BCUT2D eigenvalue weighted by molar-refractivity contribution is -0.134. The molecule has 2 amide bonds. The van der Waals surface area contributed by atoms with E-state index in [0.29, 0.717) is 43.5 Å². The lowest BCUT2D eigenvalue weighted by Crippen LogP contribution is -2.45. The highest BCUT2D eigenvalue weighted by Gasteiger charge is 2.31. The van der Waals surface area contributed by atoms with Gasteiger partial charge in [-0.3, -0.25) is 9.59 Å². The highest BCUT2D eigenvalue weighted by molar-refractivity contribution is 7.98. The van der Waals surface area contributed by atoms with Gasteiger partial charge < -0.3 is 20.9 Å². The Balaban J connectivity index is 1.66. The number of thioether (sulfide) groups is 1. The van der Waals surface area contributed by atoms with E-state index in [4.69, 9.17) is 5.73 Å². The van der Waals surface area contributed by atoms with Crippen LogP contribution in [0.2, 0.25) is 0 Å². The molecule has 3 rings (SSSR count). The number of carbonyl (C=O) groups is 2. The van der Waals surface area contributed by atoms with Crippen LogP contribution < -0.4 is 16.0 Å². The first-order valence-corrected chi connectivity index (χ1v) is 9.31. The molecule has 0 aromatic carbocycles. The van der Waals surface area contributed by atoms with E-state index in [2.05, 4.69) is 20.2 Å². The lowest BCUT2D eigenvalue weighted by Gasteiger charge is -2.25. The molecule has 9 heteroatoms. The van der Waals surface area contributed by atoms with Crippen LogP contribution in [0.15, 0.2) is 11.2 Å². The van der Waals surface area contributed by atoms with Gasteiger partial charge in [-0.1, -0.05) is 11.8 Å². The van der Waals surface area contributed by atoms with Crippen LogP contribution in [0.4, 0.5) is 11.6 Å². The van der Waals surface area contributed by atoms with E-state index < -0.39 is 0 Å². The van der Waals surface area contributed by atoms with E-state index >= 15 is 0 Å². The standard InChI is InChI=1S/C15H22N6O2S/c1-24-15-18-11(16)9-12(19-15)20-5-2-6-21(8-7-20)14(23)10-3-4-13(22)17-10/h9-10H,2-8H2,1H3,(H,17,22)(H2,16,18,19). The number of nitrogens with one attached hydrogen (secondary N) is 1. The number of nitrogens with two attached hydrogens (primary N) is 1. The fraction of sp³-hybridized carbons (Fsp3) is 0.600. The third kappa shape index (κ3) is 3.72. The molecule has 0 aliphatic carbocycles. The molecule has 24 heavy (non-hydrogen) atoms. The number of hydrogen-bond acceptors (Lipinski definition) is 7. The number of hydrogen-bond donors (Lipinski definition) is 2. The van der Waals surface area contributed by atoms with Crippen molar-refractivity contribution < 1.29 is 9.59 Å². The van der Waals surface area contributed by atoms with E-state index in [-0.39, 0.29) is 17.9 Å². The summed E-state index contributed by atoms with van der Waals surface area (Å²) < 4.78 is 0. The summed E-state index contributed by atoms with van der Waals surface area (Å²) in [5.74, 6) is 1.24. The zero-order valence-electron chi connectivity index (χ0n) is 13.7. The molecule has 1 atom stereocenters. The minimum atomic E-state index is -0.359. The maximum absolute atomic E-state index is 12.5. The lowest BCUT2D eigenvalue weighted by atomic mass is 10.2. The molecule has 2 aliphatic rings. The van der Waals surface area contributed by atoms with Gasteiger partial charge in [0.1, 0.15) is 17.7 Å². The molecule has 1 aromatic rings. The van der Waals surface area contributed by atoms with Crippen molar-refractivity contribution in [2.75, 3.05) is 43.1 Å². The molecule has 130 valence electrons. The van der Waals surface area contributed by atoms with E-state index in [1.807, 2.05) is 11.2 Å². The summed E-state index contributed by atoms with van der Waals surface area (Å²) in [5, 5.41) is 3.40. The quantitative estimate of drug-likeness (QED) is 0.588. The summed E-state index contributed by atoms with van der Waals surface area (Å²) in [6, 6.07) is 1.41. The van der Waals surface area contributed by atoms with Crippen LogP contribution in [0.1, 0.15) is 19.3 Å². The summed E-state index contributed by atoms with van der Waals surface area (Å²) >= 11 is 1.46. The van der Waals surface area contributed by atoms with Gasteiger partial charge in [-0.25, -0.2) is 9.97 Å². The zero-order chi connectivity index (χ0) is 17.1. The summed E-state index contributed by atoms with van der Waals surface area (Å²) in [5.41, 5.74) is 5.86. The Morgan fingerprint density at radius 3 is 2.88 bits per heavy atom. The topological polar surface area (TPSA) is 104 Å². The van der Waals surface area contributed by atoms with Crippen LogP contribution in [0.5, 0.6) is 0 Å². The molecule has 0 spiro atoms. The number of nitrogens with zero attached hydrogens (tertiary/aromatic N) is 4. The predicted molar refractivity (Wildman–Crippen MR) is 92.8 cm³/mol. The highest BCUT2D eigenvalue weighted by Crippen LogP contribution is 2.20. The number of anilines is 2. The largest absolute Gasteiger partial charge is 0.383 e. The molecule has 0 bridgehead atoms. The van der Waals surface area contributed by atoms with E-state index in [1.54, 1.807) is 6.07 Å². The fourth-order valence-corrected chi connectivity index (χ4v) is 3.45. The van der Waals surface area contributed by atoms with Gasteiger partial charge in [0.05, 0.1) is 0 Å². The van der Waals surface area contributed by atoms with Crippen molar-refractivity contribution in [3.63, 3.8) is 0 Å². The normalized spacial score (nSPS) is 21.5. The number of aromatic nitrogens is 2. The second-order valence-corrected chi connectivity index (χ2v) is 6.74. The molecule has 0 radical (unpaired) electrons. The van der Waals surface area contributed by atoms with Crippen LogP contribution >= 0.6 is 11.8 Å². The van der Waals surface area contributed by atoms with Crippen molar-refractivity contribution in [1.29, 1.82) is 0 Å². The summed E-state index contributed by atoms with van der Waals surface area (Å²) in [6.45, 7) is 2.81. The SMILES string of the molecule is CSc1nc(N)cc(N2CCCN(C(=O)C3CCC(=O)N3)CC2)n1. The maximum Gasteiger partial charge on any atom is 0.245 e. The number of carbonyl (C=O) groups excluding carboxylic acids is 2. The summed E-state index contributed by atoms with van der Waals surface area (Å²) in [7, 11) is 0. The number of rotatable bonds is 3. The predicted octanol–water partition coefficient (Wildman–Crippen LogP) is 0.0980. The maximum atomic E-state index is 12.5. The number of amides is 2. The van der Waals surface area contributed by atoms with Crippen LogP contribution in [-0.4, -0.2) is 65.2 Å². The van der Waals surface area contributed by atoms with Gasteiger partial charge in [-0.2, -0.15) is 0 Å². The van der Waals surface area contributed by atoms with Crippen molar-refractivity contribution in [2.45, 2.75) is 30.5 Å². The highest BCUT2D eigenvalue weighted by atomic mass is 32.2. The smallest absolute Gasteiger partial charge is 0.245 e. The van der Waals surface area contributed by atoms with Crippen molar-refractivity contribution in [3.05, 3.63) is 6.07 Å². The van der Waals surface area contributed by atoms with Gasteiger partial charge in [0.25, 0.3) is 0 Å². The van der Waals surface area contributed by atoms with Gasteiger partial charge in [0, 0.05) is 38.7 Å². The Labute approximate surface area is 145 Å². The fourth-order valence-electron chi connectivity index (χ4n) is 3.07. The molecule has 2 saturated heterocycles. The molecular weight excluding hydrogens is 328 g/mol. The molecular formula is C15H22N6O2S. The average Bonchev–Trinajstić information content (AvgIpc) is 2.86.